The van der Waals surface area contributed by atoms with E-state index in [4.69, 9.17) is 4.74 Å². The van der Waals surface area contributed by atoms with E-state index in [-0.39, 0.29) is 0 Å². The molecule has 126 valence electrons. The van der Waals surface area contributed by atoms with E-state index < -0.39 is 6.10 Å². The molecule has 7 heteroatoms. The Morgan fingerprint density at radius 1 is 1.29 bits per heavy atom. The monoisotopic (exact) mass is 327 g/mol. The molecule has 0 radical (unpaired) electrons. The van der Waals surface area contributed by atoms with Gasteiger partial charge < -0.3 is 15.2 Å². The first-order chi connectivity index (χ1) is 11.5. The highest BCUT2D eigenvalue weighted by Gasteiger charge is 2.15. The normalized spacial score (nSPS) is 12.4. The quantitative estimate of drug-likeness (QED) is 0.747. The lowest BCUT2D eigenvalue weighted by Crippen LogP contribution is -2.14. The first-order valence-corrected chi connectivity index (χ1v) is 7.73. The van der Waals surface area contributed by atoms with E-state index in [1.165, 1.54) is 0 Å². The summed E-state index contributed by atoms with van der Waals surface area (Å²) in [6, 6.07) is 7.39. The molecule has 0 aliphatic carbocycles. The number of methoxy groups -OCH3 is 1. The lowest BCUT2D eigenvalue weighted by molar-refractivity contribution is 0.191. The minimum atomic E-state index is -0.678. The molecule has 1 aromatic carbocycles. The fourth-order valence-corrected chi connectivity index (χ4v) is 2.74. The number of rotatable bonds is 5. The van der Waals surface area contributed by atoms with Crippen LogP contribution in [0.5, 0.6) is 5.75 Å². The number of anilines is 1. The predicted molar refractivity (Wildman–Crippen MR) is 92.2 cm³/mol. The van der Waals surface area contributed by atoms with Gasteiger partial charge in [0.1, 0.15) is 17.4 Å². The maximum atomic E-state index is 10.4. The summed E-state index contributed by atoms with van der Waals surface area (Å²) in [5.74, 6) is 2.06. The van der Waals surface area contributed by atoms with Crippen LogP contribution in [0.1, 0.15) is 23.2 Å². The van der Waals surface area contributed by atoms with E-state index in [1.54, 1.807) is 11.8 Å². The Hall–Kier alpha value is -2.67. The maximum Gasteiger partial charge on any atom is 0.163 e. The van der Waals surface area contributed by atoms with Gasteiger partial charge in [-0.1, -0.05) is 12.1 Å². The zero-order valence-electron chi connectivity index (χ0n) is 14.2. The van der Waals surface area contributed by atoms with Crippen LogP contribution >= 0.6 is 0 Å². The van der Waals surface area contributed by atoms with E-state index >= 15 is 0 Å². The van der Waals surface area contributed by atoms with Gasteiger partial charge in [-0.25, -0.2) is 9.97 Å². The van der Waals surface area contributed by atoms with Gasteiger partial charge in [0.2, 0.25) is 0 Å². The minimum Gasteiger partial charge on any atom is -0.497 e. The molecule has 0 bridgehead atoms. The van der Waals surface area contributed by atoms with Crippen LogP contribution in [-0.4, -0.2) is 38.5 Å². The van der Waals surface area contributed by atoms with Crippen molar-refractivity contribution in [3.05, 3.63) is 41.3 Å². The van der Waals surface area contributed by atoms with Crippen molar-refractivity contribution in [2.75, 3.05) is 19.0 Å². The van der Waals surface area contributed by atoms with Crippen LogP contribution in [-0.2, 0) is 7.05 Å². The van der Waals surface area contributed by atoms with Crippen molar-refractivity contribution in [1.82, 2.24) is 19.7 Å². The van der Waals surface area contributed by atoms with E-state index in [1.807, 2.05) is 45.2 Å². The molecule has 1 atom stereocenters. The molecular formula is C17H21N5O2. The molecule has 7 nitrogen and oxygen atoms in total. The van der Waals surface area contributed by atoms with Crippen LogP contribution < -0.4 is 10.1 Å². The van der Waals surface area contributed by atoms with Crippen molar-refractivity contribution >= 4 is 16.9 Å². The number of aromatic nitrogens is 4. The van der Waals surface area contributed by atoms with Gasteiger partial charge in [0, 0.05) is 13.6 Å². The van der Waals surface area contributed by atoms with Gasteiger partial charge >= 0.3 is 0 Å². The fourth-order valence-electron chi connectivity index (χ4n) is 2.74. The molecule has 2 N–H and O–H groups in total. The van der Waals surface area contributed by atoms with Gasteiger partial charge in [0.15, 0.2) is 5.65 Å². The van der Waals surface area contributed by atoms with Gasteiger partial charge in [0.05, 0.1) is 24.3 Å². The number of aryl methyl sites for hydroxylation is 3. The third-order valence-corrected chi connectivity index (χ3v) is 3.91. The lowest BCUT2D eigenvalue weighted by Gasteiger charge is -2.14. The highest BCUT2D eigenvalue weighted by molar-refractivity contribution is 5.89. The van der Waals surface area contributed by atoms with Crippen molar-refractivity contribution in [2.45, 2.75) is 20.0 Å². The molecule has 0 aliphatic rings. The smallest absolute Gasteiger partial charge is 0.163 e. The predicted octanol–water partition coefficient (Wildman–Crippen LogP) is 2.13. The molecule has 3 aromatic rings. The van der Waals surface area contributed by atoms with Crippen molar-refractivity contribution in [3.63, 3.8) is 0 Å². The van der Waals surface area contributed by atoms with Crippen LogP contribution in [0, 0.1) is 13.8 Å². The van der Waals surface area contributed by atoms with Crippen molar-refractivity contribution in [1.29, 1.82) is 0 Å². The second-order valence-electron chi connectivity index (χ2n) is 5.70. The van der Waals surface area contributed by atoms with Gasteiger partial charge in [-0.2, -0.15) is 5.10 Å². The number of hydrogen-bond donors (Lipinski definition) is 2. The second kappa shape index (κ2) is 6.45. The molecular weight excluding hydrogens is 306 g/mol. The molecule has 0 fully saturated rings. The third-order valence-electron chi connectivity index (χ3n) is 3.91. The highest BCUT2D eigenvalue weighted by atomic mass is 16.5. The van der Waals surface area contributed by atoms with Crippen molar-refractivity contribution in [3.8, 4) is 5.75 Å². The molecule has 0 amide bonds. The lowest BCUT2D eigenvalue weighted by atomic mass is 10.1. The first-order valence-electron chi connectivity index (χ1n) is 7.73. The standard InChI is InChI=1S/C17H21N5O2/c1-10-15-16(19-11(2)20-17(15)22(3)21-10)18-9-14(23)12-6-5-7-13(8-12)24-4/h5-8,14,23H,9H2,1-4H3,(H,18,19,20). The van der Waals surface area contributed by atoms with Gasteiger partial charge in [-0.15, -0.1) is 0 Å². The number of nitrogens with zero attached hydrogens (tertiary/aromatic N) is 4. The third kappa shape index (κ3) is 3.03. The van der Waals surface area contributed by atoms with Crippen LogP contribution in [0.2, 0.25) is 0 Å². The van der Waals surface area contributed by atoms with Crippen molar-refractivity contribution in [2.24, 2.45) is 7.05 Å². The molecule has 24 heavy (non-hydrogen) atoms. The van der Waals surface area contributed by atoms with Crippen LogP contribution in [0.25, 0.3) is 11.0 Å². The Labute approximate surface area is 140 Å². The van der Waals surface area contributed by atoms with Crippen LogP contribution in [0.15, 0.2) is 24.3 Å². The maximum absolute atomic E-state index is 10.4. The molecule has 3 rings (SSSR count). The highest BCUT2D eigenvalue weighted by Crippen LogP contribution is 2.25. The van der Waals surface area contributed by atoms with Crippen LogP contribution in [0.4, 0.5) is 5.82 Å². The summed E-state index contributed by atoms with van der Waals surface area (Å²) >= 11 is 0. The average molecular weight is 327 g/mol. The van der Waals surface area contributed by atoms with Crippen molar-refractivity contribution < 1.29 is 9.84 Å². The number of nitrogens with one attached hydrogen (secondary N) is 1. The molecule has 2 heterocycles. The number of hydrogen-bond acceptors (Lipinski definition) is 6. The Bertz CT molecular complexity index is 875. The van der Waals surface area contributed by atoms with Gasteiger partial charge in [0.25, 0.3) is 0 Å². The average Bonchev–Trinajstić information content (AvgIpc) is 2.86. The topological polar surface area (TPSA) is 85.1 Å². The molecule has 1 unspecified atom stereocenters. The second-order valence-corrected chi connectivity index (χ2v) is 5.70. The molecule has 0 saturated heterocycles. The number of ether oxygens (including phenoxy) is 1. The number of aliphatic hydroxyl groups is 1. The molecule has 2 aromatic heterocycles. The Morgan fingerprint density at radius 3 is 2.83 bits per heavy atom. The van der Waals surface area contributed by atoms with Gasteiger partial charge in [-0.3, -0.25) is 4.68 Å². The van der Waals surface area contributed by atoms with E-state index in [0.29, 0.717) is 18.2 Å². The summed E-state index contributed by atoms with van der Waals surface area (Å²) in [5.41, 5.74) is 2.41. The number of fused-ring (bicyclic) bond motifs is 1. The zero-order valence-corrected chi connectivity index (χ0v) is 14.2. The first kappa shape index (κ1) is 16.2. The summed E-state index contributed by atoms with van der Waals surface area (Å²) in [5, 5.41) is 18.9. The van der Waals surface area contributed by atoms with Crippen LogP contribution in [0.3, 0.4) is 0 Å². The Morgan fingerprint density at radius 2 is 2.08 bits per heavy atom. The van der Waals surface area contributed by atoms with Gasteiger partial charge in [-0.05, 0) is 31.5 Å². The summed E-state index contributed by atoms with van der Waals surface area (Å²) in [7, 11) is 3.46. The van der Waals surface area contributed by atoms with E-state index in [2.05, 4.69) is 20.4 Å². The molecule has 0 aliphatic heterocycles. The van der Waals surface area contributed by atoms with E-state index in [0.717, 1.165) is 28.0 Å². The summed E-state index contributed by atoms with van der Waals surface area (Å²) in [6.45, 7) is 4.09. The summed E-state index contributed by atoms with van der Waals surface area (Å²) < 4.78 is 6.94. The summed E-state index contributed by atoms with van der Waals surface area (Å²) in [4.78, 5) is 8.90. The Kier molecular flexibility index (Phi) is 4.35. The molecule has 0 saturated carbocycles. The van der Waals surface area contributed by atoms with E-state index in [9.17, 15) is 5.11 Å². The largest absolute Gasteiger partial charge is 0.497 e. The minimum absolute atomic E-state index is 0.326. The number of aliphatic hydroxyl groups excluding tert-OH is 1. The molecule has 0 spiro atoms. The fraction of sp³-hybridized carbons (Fsp3) is 0.353. The zero-order chi connectivity index (χ0) is 17.3. The Balaban J connectivity index is 1.85. The summed E-state index contributed by atoms with van der Waals surface area (Å²) in [6.07, 6.45) is -0.678. The number of benzene rings is 1. The SMILES string of the molecule is COc1cccc(C(O)CNc2nc(C)nc3c2c(C)nn3C)c1.